The zero-order valence-electron chi connectivity index (χ0n) is 22.4. The fourth-order valence-corrected chi connectivity index (χ4v) is 4.80. The van der Waals surface area contributed by atoms with E-state index in [9.17, 15) is 9.90 Å². The average molecular weight is 498 g/mol. The summed E-state index contributed by atoms with van der Waals surface area (Å²) in [5.41, 5.74) is 3.27. The Bertz CT molecular complexity index is 926. The molecule has 198 valence electrons. The van der Waals surface area contributed by atoms with E-state index < -0.39 is 6.10 Å². The van der Waals surface area contributed by atoms with Crippen LogP contribution in [0.15, 0.2) is 42.5 Å². The second-order valence-corrected chi connectivity index (χ2v) is 9.79. The molecule has 0 spiro atoms. The van der Waals surface area contributed by atoms with Crippen molar-refractivity contribution in [2.24, 2.45) is 0 Å². The summed E-state index contributed by atoms with van der Waals surface area (Å²) in [6.07, 6.45) is 3.91. The van der Waals surface area contributed by atoms with Crippen molar-refractivity contribution in [2.75, 3.05) is 57.8 Å². The molecule has 1 amide bonds. The molecular weight excluding hydrogens is 454 g/mol. The van der Waals surface area contributed by atoms with E-state index in [-0.39, 0.29) is 6.10 Å². The zero-order chi connectivity index (χ0) is 25.9. The first kappa shape index (κ1) is 28.0. The van der Waals surface area contributed by atoms with E-state index in [2.05, 4.69) is 16.7 Å². The Hall–Kier alpha value is -2.61. The number of hydrogen-bond donors (Lipinski definition) is 1. The summed E-state index contributed by atoms with van der Waals surface area (Å²) in [6, 6.07) is 13.6. The number of amides is 1. The van der Waals surface area contributed by atoms with Gasteiger partial charge in [-0.3, -0.25) is 9.69 Å². The minimum Gasteiger partial charge on any atom is -0.486 e. The number of piperazine rings is 1. The third-order valence-electron chi connectivity index (χ3n) is 6.90. The molecule has 2 atom stereocenters. The van der Waals surface area contributed by atoms with Gasteiger partial charge < -0.3 is 24.4 Å². The van der Waals surface area contributed by atoms with E-state index in [1.807, 2.05) is 56.3 Å². The molecule has 2 heterocycles. The van der Waals surface area contributed by atoms with Crippen LogP contribution in [0.4, 0.5) is 5.69 Å². The molecule has 2 aromatic rings. The summed E-state index contributed by atoms with van der Waals surface area (Å²) in [5, 5.41) is 10.5. The Balaban J connectivity index is 0.000000253. The van der Waals surface area contributed by atoms with Crippen LogP contribution in [0, 0.1) is 13.8 Å². The van der Waals surface area contributed by atoms with Crippen LogP contribution in [0.2, 0.25) is 0 Å². The highest BCUT2D eigenvalue weighted by atomic mass is 16.6. The lowest BCUT2D eigenvalue weighted by molar-refractivity contribution is -0.107. The first-order valence-electron chi connectivity index (χ1n) is 13.2. The maximum absolute atomic E-state index is 10.5. The first-order valence-corrected chi connectivity index (χ1v) is 13.2. The molecule has 4 rings (SSSR count). The Labute approximate surface area is 216 Å². The molecule has 2 unspecified atom stereocenters. The molecular formula is C29H43N3O4. The maximum Gasteiger partial charge on any atom is 0.213 e. The van der Waals surface area contributed by atoms with Crippen molar-refractivity contribution in [3.63, 3.8) is 0 Å². The summed E-state index contributed by atoms with van der Waals surface area (Å²) in [5.74, 6) is 1.50. The molecule has 0 bridgehead atoms. The number of anilines is 1. The van der Waals surface area contributed by atoms with Crippen molar-refractivity contribution >= 4 is 12.1 Å². The number of rotatable bonds is 9. The molecule has 7 nitrogen and oxygen atoms in total. The number of nitrogens with zero attached hydrogens (tertiary/aromatic N) is 3. The number of carbonyl (C=O) groups is 1. The zero-order valence-corrected chi connectivity index (χ0v) is 22.4. The molecule has 0 aromatic heterocycles. The summed E-state index contributed by atoms with van der Waals surface area (Å²) in [6.45, 7) is 12.8. The molecule has 0 radical (unpaired) electrons. The highest BCUT2D eigenvalue weighted by Crippen LogP contribution is 2.31. The number of β-amino-alcohol motifs (C(OH)–C–C–N with tert-alkyl or cyclic N) is 1. The third kappa shape index (κ3) is 7.95. The van der Waals surface area contributed by atoms with Crippen LogP contribution in [-0.4, -0.2) is 86.4 Å². The monoisotopic (exact) mass is 497 g/mol. The quantitative estimate of drug-likeness (QED) is 0.419. The van der Waals surface area contributed by atoms with Gasteiger partial charge in [0, 0.05) is 45.5 Å². The van der Waals surface area contributed by atoms with Crippen LogP contribution < -0.4 is 14.4 Å². The number of fused-ring (bicyclic) bond motifs is 1. The molecule has 1 fully saturated rings. The number of para-hydroxylation sites is 3. The van der Waals surface area contributed by atoms with E-state index in [4.69, 9.17) is 9.47 Å². The number of aliphatic hydroxyl groups excluding tert-OH is 1. The average Bonchev–Trinajstić information content (AvgIpc) is 2.89. The number of ether oxygens (including phenoxy) is 2. The summed E-state index contributed by atoms with van der Waals surface area (Å²) >= 11 is 0. The second kappa shape index (κ2) is 14.2. The Morgan fingerprint density at radius 2 is 1.64 bits per heavy atom. The predicted molar refractivity (Wildman–Crippen MR) is 145 cm³/mol. The highest BCUT2D eigenvalue weighted by Gasteiger charge is 2.29. The van der Waals surface area contributed by atoms with Gasteiger partial charge in [-0.1, -0.05) is 50.1 Å². The van der Waals surface area contributed by atoms with E-state index in [0.29, 0.717) is 13.2 Å². The van der Waals surface area contributed by atoms with Gasteiger partial charge in [-0.25, -0.2) is 0 Å². The van der Waals surface area contributed by atoms with Crippen molar-refractivity contribution in [3.8, 4) is 11.5 Å². The topological polar surface area (TPSA) is 65.5 Å². The minimum absolute atomic E-state index is 0.289. The third-order valence-corrected chi connectivity index (χ3v) is 6.90. The first-order chi connectivity index (χ1) is 17.4. The number of benzene rings is 2. The highest BCUT2D eigenvalue weighted by molar-refractivity contribution is 5.78. The number of hydrogen-bond acceptors (Lipinski definition) is 6. The van der Waals surface area contributed by atoms with Crippen LogP contribution in [0.1, 0.15) is 37.3 Å². The summed E-state index contributed by atoms with van der Waals surface area (Å²) in [4.78, 5) is 17.0. The fraction of sp³-hybridized carbons (Fsp3) is 0.552. The summed E-state index contributed by atoms with van der Waals surface area (Å²) < 4.78 is 11.6. The van der Waals surface area contributed by atoms with Gasteiger partial charge in [0.2, 0.25) is 6.41 Å². The number of unbranched alkanes of at least 4 members (excludes halogenated alkanes) is 2. The van der Waals surface area contributed by atoms with Crippen LogP contribution in [0.5, 0.6) is 11.5 Å². The minimum atomic E-state index is -0.523. The second-order valence-electron chi connectivity index (χ2n) is 9.79. The van der Waals surface area contributed by atoms with E-state index in [1.165, 1.54) is 25.8 Å². The van der Waals surface area contributed by atoms with Crippen molar-refractivity contribution in [1.82, 2.24) is 9.80 Å². The van der Waals surface area contributed by atoms with E-state index in [0.717, 1.165) is 60.9 Å². The lowest BCUT2D eigenvalue weighted by Crippen LogP contribution is -2.52. The SMILES string of the molecule is CCCCCN1CCN(CC(O)C2COc3ccccc3O2)CC1.Cc1cccc(C)c1N(C)C=O. The van der Waals surface area contributed by atoms with Gasteiger partial charge in [0.15, 0.2) is 17.6 Å². The molecule has 1 saturated heterocycles. The standard InChI is InChI=1S/C19H30N2O3.C10H13NO/c1-2-3-6-9-20-10-12-21(13-11-20)14-16(22)19-15-23-17-7-4-5-8-18(17)24-19;1-8-5-4-6-9(2)10(8)11(3)7-12/h4-5,7-8,16,19,22H,2-3,6,9-15H2,1H3;4-7H,1-3H3. The van der Waals surface area contributed by atoms with Crippen molar-refractivity contribution in [1.29, 1.82) is 0 Å². The lowest BCUT2D eigenvalue weighted by atomic mass is 10.1. The normalized spacial score (nSPS) is 18.6. The Morgan fingerprint density at radius 3 is 2.28 bits per heavy atom. The van der Waals surface area contributed by atoms with Gasteiger partial charge in [0.25, 0.3) is 0 Å². The maximum atomic E-state index is 10.5. The van der Waals surface area contributed by atoms with Gasteiger partial charge in [0.05, 0.1) is 0 Å². The molecule has 2 aromatic carbocycles. The van der Waals surface area contributed by atoms with Gasteiger partial charge in [-0.15, -0.1) is 0 Å². The van der Waals surface area contributed by atoms with Crippen LogP contribution in [0.3, 0.4) is 0 Å². The van der Waals surface area contributed by atoms with Gasteiger partial charge in [0.1, 0.15) is 12.7 Å². The molecule has 0 saturated carbocycles. The van der Waals surface area contributed by atoms with Crippen molar-refractivity contribution in [3.05, 3.63) is 53.6 Å². The fourth-order valence-electron chi connectivity index (χ4n) is 4.80. The largest absolute Gasteiger partial charge is 0.486 e. The number of aryl methyl sites for hydroxylation is 2. The van der Waals surface area contributed by atoms with Gasteiger partial charge >= 0.3 is 0 Å². The van der Waals surface area contributed by atoms with Crippen LogP contribution in [0.25, 0.3) is 0 Å². The molecule has 7 heteroatoms. The van der Waals surface area contributed by atoms with E-state index >= 15 is 0 Å². The van der Waals surface area contributed by atoms with Crippen LogP contribution in [-0.2, 0) is 4.79 Å². The molecule has 0 aliphatic carbocycles. The number of aliphatic hydroxyl groups is 1. The Kier molecular flexibility index (Phi) is 11.0. The predicted octanol–water partition coefficient (Wildman–Crippen LogP) is 3.89. The lowest BCUT2D eigenvalue weighted by Gasteiger charge is -2.37. The van der Waals surface area contributed by atoms with Gasteiger partial charge in [-0.2, -0.15) is 0 Å². The summed E-state index contributed by atoms with van der Waals surface area (Å²) in [7, 11) is 1.77. The molecule has 2 aliphatic heterocycles. The molecule has 1 N–H and O–H groups in total. The van der Waals surface area contributed by atoms with Gasteiger partial charge in [-0.05, 0) is 50.1 Å². The Morgan fingerprint density at radius 1 is 1.00 bits per heavy atom. The molecule has 36 heavy (non-hydrogen) atoms. The van der Waals surface area contributed by atoms with Crippen molar-refractivity contribution in [2.45, 2.75) is 52.2 Å². The van der Waals surface area contributed by atoms with E-state index in [1.54, 1.807) is 11.9 Å². The number of carbonyl (C=O) groups excluding carboxylic acids is 1. The van der Waals surface area contributed by atoms with Crippen LogP contribution >= 0.6 is 0 Å². The smallest absolute Gasteiger partial charge is 0.213 e. The van der Waals surface area contributed by atoms with Crippen molar-refractivity contribution < 1.29 is 19.4 Å². The molecule has 2 aliphatic rings.